The maximum atomic E-state index is 12.9. The summed E-state index contributed by atoms with van der Waals surface area (Å²) in [5, 5.41) is 21.4. The lowest BCUT2D eigenvalue weighted by molar-refractivity contribution is -0.140. The number of likely N-dealkylation sites (tertiary alicyclic amines) is 1. The number of Topliss-reactive ketones (excluding diaryl/α,β-unsaturated/α-hetero) is 1. The molecule has 1 aliphatic rings. The highest BCUT2D eigenvalue weighted by Gasteiger charge is 2.46. The predicted octanol–water partition coefficient (Wildman–Crippen LogP) is 3.51. The Morgan fingerprint density at radius 3 is 2.50 bits per heavy atom. The number of halogens is 1. The molecule has 158 valence electrons. The number of methoxy groups -OCH3 is 1. The van der Waals surface area contributed by atoms with Crippen molar-refractivity contribution in [1.82, 2.24) is 4.90 Å². The van der Waals surface area contributed by atoms with E-state index in [1.54, 1.807) is 43.3 Å². The molecule has 2 aromatic carbocycles. The van der Waals surface area contributed by atoms with Crippen molar-refractivity contribution < 1.29 is 29.3 Å². The third kappa shape index (κ3) is 4.13. The first-order chi connectivity index (χ1) is 14.4. The zero-order chi connectivity index (χ0) is 21.8. The minimum Gasteiger partial charge on any atom is -0.507 e. The van der Waals surface area contributed by atoms with Crippen LogP contribution in [0.25, 0.3) is 5.76 Å². The first-order valence-electron chi connectivity index (χ1n) is 9.38. The van der Waals surface area contributed by atoms with Crippen LogP contribution in [0.15, 0.2) is 48.0 Å². The van der Waals surface area contributed by atoms with Gasteiger partial charge in [-0.05, 0) is 48.9 Å². The lowest BCUT2D eigenvalue weighted by Gasteiger charge is -2.25. The van der Waals surface area contributed by atoms with Crippen LogP contribution in [-0.4, -0.2) is 53.7 Å². The SMILES string of the molecule is CCOc1cc([C@H]2/C(=C(\O)c3ccc(Cl)cc3)C(=O)C(=O)N2CCOC)ccc1O. The molecule has 1 saturated heterocycles. The number of benzene rings is 2. The monoisotopic (exact) mass is 431 g/mol. The molecule has 2 N–H and O–H groups in total. The van der Waals surface area contributed by atoms with Gasteiger partial charge in [0.15, 0.2) is 11.5 Å². The predicted molar refractivity (Wildman–Crippen MR) is 112 cm³/mol. The Hall–Kier alpha value is -3.03. The van der Waals surface area contributed by atoms with E-state index < -0.39 is 17.7 Å². The lowest BCUT2D eigenvalue weighted by Crippen LogP contribution is -2.32. The van der Waals surface area contributed by atoms with Crippen LogP contribution in [-0.2, 0) is 14.3 Å². The van der Waals surface area contributed by atoms with E-state index in [-0.39, 0.29) is 36.0 Å². The number of ether oxygens (including phenoxy) is 2. The maximum Gasteiger partial charge on any atom is 0.295 e. The van der Waals surface area contributed by atoms with Crippen molar-refractivity contribution in [2.24, 2.45) is 0 Å². The molecule has 1 fully saturated rings. The van der Waals surface area contributed by atoms with Crippen molar-refractivity contribution in [2.45, 2.75) is 13.0 Å². The van der Waals surface area contributed by atoms with E-state index in [1.165, 1.54) is 18.1 Å². The smallest absolute Gasteiger partial charge is 0.295 e. The van der Waals surface area contributed by atoms with Crippen molar-refractivity contribution in [3.8, 4) is 11.5 Å². The normalized spacial score (nSPS) is 18.1. The molecule has 7 nitrogen and oxygen atoms in total. The fourth-order valence-electron chi connectivity index (χ4n) is 3.38. The Balaban J connectivity index is 2.17. The van der Waals surface area contributed by atoms with Gasteiger partial charge in [-0.2, -0.15) is 0 Å². The molecule has 30 heavy (non-hydrogen) atoms. The van der Waals surface area contributed by atoms with Gasteiger partial charge < -0.3 is 24.6 Å². The number of amides is 1. The molecule has 0 unspecified atom stereocenters. The second kappa shape index (κ2) is 9.19. The number of nitrogens with zero attached hydrogens (tertiary/aromatic N) is 1. The van der Waals surface area contributed by atoms with Crippen LogP contribution in [0, 0.1) is 0 Å². The van der Waals surface area contributed by atoms with Crippen molar-refractivity contribution in [3.05, 3.63) is 64.2 Å². The molecule has 3 rings (SSSR count). The Labute approximate surface area is 179 Å². The van der Waals surface area contributed by atoms with E-state index in [0.717, 1.165) is 0 Å². The highest BCUT2D eigenvalue weighted by atomic mass is 35.5. The van der Waals surface area contributed by atoms with Gasteiger partial charge in [-0.25, -0.2) is 0 Å². The van der Waals surface area contributed by atoms with E-state index in [0.29, 0.717) is 22.8 Å². The molecule has 2 aromatic rings. The number of ketones is 1. The second-order valence-corrected chi connectivity index (χ2v) is 7.09. The number of phenolic OH excluding ortho intramolecular Hbond substituents is 1. The molecular weight excluding hydrogens is 410 g/mol. The Kier molecular flexibility index (Phi) is 6.64. The first kappa shape index (κ1) is 21.7. The summed E-state index contributed by atoms with van der Waals surface area (Å²) in [4.78, 5) is 27.0. The van der Waals surface area contributed by atoms with Gasteiger partial charge in [0.05, 0.1) is 24.8 Å². The van der Waals surface area contributed by atoms with Gasteiger partial charge in [0.2, 0.25) is 0 Å². The van der Waals surface area contributed by atoms with Crippen LogP contribution in [0.5, 0.6) is 11.5 Å². The molecule has 1 aliphatic heterocycles. The number of carbonyl (C=O) groups is 2. The number of aliphatic hydroxyl groups excluding tert-OH is 1. The van der Waals surface area contributed by atoms with Crippen LogP contribution in [0.2, 0.25) is 5.02 Å². The fourth-order valence-corrected chi connectivity index (χ4v) is 3.51. The first-order valence-corrected chi connectivity index (χ1v) is 9.75. The topological polar surface area (TPSA) is 96.3 Å². The Morgan fingerprint density at radius 2 is 1.87 bits per heavy atom. The van der Waals surface area contributed by atoms with Crippen molar-refractivity contribution in [2.75, 3.05) is 26.9 Å². The molecule has 0 bridgehead atoms. The van der Waals surface area contributed by atoms with Gasteiger partial charge in [-0.1, -0.05) is 17.7 Å². The molecule has 1 amide bonds. The molecule has 0 aliphatic carbocycles. The van der Waals surface area contributed by atoms with Crippen LogP contribution < -0.4 is 4.74 Å². The molecule has 0 aromatic heterocycles. The highest BCUT2D eigenvalue weighted by molar-refractivity contribution is 6.46. The lowest BCUT2D eigenvalue weighted by atomic mass is 9.95. The van der Waals surface area contributed by atoms with Crippen molar-refractivity contribution in [3.63, 3.8) is 0 Å². The molecule has 0 radical (unpaired) electrons. The minimum atomic E-state index is -0.865. The second-order valence-electron chi connectivity index (χ2n) is 6.65. The van der Waals surface area contributed by atoms with E-state index in [2.05, 4.69) is 0 Å². The van der Waals surface area contributed by atoms with E-state index >= 15 is 0 Å². The highest BCUT2D eigenvalue weighted by Crippen LogP contribution is 2.41. The Morgan fingerprint density at radius 1 is 1.17 bits per heavy atom. The number of phenols is 1. The number of hydrogen-bond acceptors (Lipinski definition) is 6. The average molecular weight is 432 g/mol. The van der Waals surface area contributed by atoms with Gasteiger partial charge >= 0.3 is 0 Å². The van der Waals surface area contributed by atoms with Crippen LogP contribution in [0.4, 0.5) is 0 Å². The average Bonchev–Trinajstić information content (AvgIpc) is 2.98. The number of carbonyl (C=O) groups excluding carboxylic acids is 2. The number of aromatic hydroxyl groups is 1. The third-order valence-corrected chi connectivity index (χ3v) is 5.05. The summed E-state index contributed by atoms with van der Waals surface area (Å²) >= 11 is 5.92. The number of aliphatic hydroxyl groups is 1. The van der Waals surface area contributed by atoms with E-state index in [9.17, 15) is 19.8 Å². The summed E-state index contributed by atoms with van der Waals surface area (Å²) in [6, 6.07) is 10.0. The van der Waals surface area contributed by atoms with Crippen LogP contribution in [0.3, 0.4) is 0 Å². The largest absolute Gasteiger partial charge is 0.507 e. The zero-order valence-corrected chi connectivity index (χ0v) is 17.3. The molecule has 1 heterocycles. The van der Waals surface area contributed by atoms with Gasteiger partial charge in [0, 0.05) is 24.2 Å². The summed E-state index contributed by atoms with van der Waals surface area (Å²) in [6.45, 7) is 2.46. The summed E-state index contributed by atoms with van der Waals surface area (Å²) in [7, 11) is 1.49. The van der Waals surface area contributed by atoms with Crippen LogP contribution >= 0.6 is 11.6 Å². The maximum absolute atomic E-state index is 12.9. The standard InChI is InChI=1S/C22H22ClNO6/c1-3-30-17-12-14(6-9-16(17)25)19-18(20(26)13-4-7-15(23)8-5-13)21(27)22(28)24(19)10-11-29-2/h4-9,12,19,25-26H,3,10-11H2,1-2H3/b20-18+/t19-/m0/s1. The fraction of sp³-hybridized carbons (Fsp3) is 0.273. The van der Waals surface area contributed by atoms with Gasteiger partial charge in [-0.15, -0.1) is 0 Å². The molecule has 1 atom stereocenters. The Bertz CT molecular complexity index is 986. The summed E-state index contributed by atoms with van der Waals surface area (Å²) in [5.41, 5.74) is 0.826. The number of hydrogen-bond donors (Lipinski definition) is 2. The summed E-state index contributed by atoms with van der Waals surface area (Å²) in [6.07, 6.45) is 0. The van der Waals surface area contributed by atoms with E-state index in [4.69, 9.17) is 21.1 Å². The van der Waals surface area contributed by atoms with Gasteiger partial charge in [0.25, 0.3) is 11.7 Å². The zero-order valence-electron chi connectivity index (χ0n) is 16.6. The van der Waals surface area contributed by atoms with Gasteiger partial charge in [-0.3, -0.25) is 9.59 Å². The molecule has 0 spiro atoms. The van der Waals surface area contributed by atoms with Crippen molar-refractivity contribution >= 4 is 29.1 Å². The third-order valence-electron chi connectivity index (χ3n) is 4.79. The summed E-state index contributed by atoms with van der Waals surface area (Å²) < 4.78 is 10.5. The van der Waals surface area contributed by atoms with Crippen molar-refractivity contribution in [1.29, 1.82) is 0 Å². The number of rotatable bonds is 7. The molecule has 0 saturated carbocycles. The van der Waals surface area contributed by atoms with E-state index in [1.807, 2.05) is 0 Å². The summed E-state index contributed by atoms with van der Waals surface area (Å²) in [5.74, 6) is -1.68. The molecular formula is C22H22ClNO6. The minimum absolute atomic E-state index is 0.0495. The quantitative estimate of drug-likeness (QED) is 0.395. The van der Waals surface area contributed by atoms with Crippen LogP contribution in [0.1, 0.15) is 24.1 Å². The molecule has 8 heteroatoms. The van der Waals surface area contributed by atoms with Gasteiger partial charge in [0.1, 0.15) is 5.76 Å².